The summed E-state index contributed by atoms with van der Waals surface area (Å²) in [7, 11) is 2.25. The van der Waals surface area contributed by atoms with Crippen molar-refractivity contribution in [2.45, 2.75) is 12.6 Å². The zero-order valence-corrected chi connectivity index (χ0v) is 11.0. The molecule has 0 unspecified atom stereocenters. The van der Waals surface area contributed by atoms with Crippen molar-refractivity contribution >= 4 is 0 Å². The van der Waals surface area contributed by atoms with E-state index in [1.54, 1.807) is 15.9 Å². The van der Waals surface area contributed by atoms with E-state index in [9.17, 15) is 4.39 Å². The fourth-order valence-electron chi connectivity index (χ4n) is 3.39. The Balaban J connectivity index is 1.87. The fraction of sp³-hybridized carbons (Fsp3) is 0.571. The van der Waals surface area contributed by atoms with Crippen molar-refractivity contribution in [3.63, 3.8) is 0 Å². The Hall–Kier alpha value is -0.970. The van der Waals surface area contributed by atoms with Crippen molar-refractivity contribution in [1.82, 2.24) is 0 Å². The Bertz CT molecular complexity index is 427. The average molecular weight is 252 g/mol. The highest BCUT2D eigenvalue weighted by Crippen LogP contribution is 2.20. The highest BCUT2D eigenvalue weighted by Gasteiger charge is 2.36. The molecular formula is C14H23FN3+3. The van der Waals surface area contributed by atoms with E-state index in [1.807, 2.05) is 6.07 Å². The SMILES string of the molecule is C[NH+]1CC[NH+]([C@@H]2C[NH2+]Cc3cccc(F)c32)CC1. The molecule has 4 N–H and O–H groups in total. The van der Waals surface area contributed by atoms with Gasteiger partial charge in [-0.15, -0.1) is 0 Å². The fourth-order valence-corrected chi connectivity index (χ4v) is 3.39. The van der Waals surface area contributed by atoms with Crippen LogP contribution in [-0.2, 0) is 6.54 Å². The first kappa shape index (κ1) is 12.1. The number of quaternary nitrogens is 3. The number of piperazine rings is 1. The van der Waals surface area contributed by atoms with Gasteiger partial charge in [-0.1, -0.05) is 12.1 Å². The van der Waals surface area contributed by atoms with E-state index >= 15 is 0 Å². The van der Waals surface area contributed by atoms with E-state index in [0.29, 0.717) is 6.04 Å². The monoisotopic (exact) mass is 252 g/mol. The molecule has 0 aliphatic carbocycles. The largest absolute Gasteiger partial charge is 0.337 e. The molecule has 0 saturated carbocycles. The van der Waals surface area contributed by atoms with Crippen molar-refractivity contribution in [2.24, 2.45) is 0 Å². The summed E-state index contributed by atoms with van der Waals surface area (Å²) in [6, 6.07) is 5.90. The van der Waals surface area contributed by atoms with Crippen LogP contribution >= 0.6 is 0 Å². The predicted molar refractivity (Wildman–Crippen MR) is 67.0 cm³/mol. The summed E-state index contributed by atoms with van der Waals surface area (Å²) in [5.74, 6) is 0.00405. The van der Waals surface area contributed by atoms with Crippen LogP contribution in [0.5, 0.6) is 0 Å². The van der Waals surface area contributed by atoms with Gasteiger partial charge >= 0.3 is 0 Å². The number of hydrogen-bond donors (Lipinski definition) is 3. The Morgan fingerprint density at radius 3 is 2.78 bits per heavy atom. The number of benzene rings is 1. The number of nitrogens with one attached hydrogen (secondary N) is 2. The van der Waals surface area contributed by atoms with Gasteiger partial charge in [0.25, 0.3) is 0 Å². The van der Waals surface area contributed by atoms with Crippen LogP contribution in [-0.4, -0.2) is 39.8 Å². The summed E-state index contributed by atoms with van der Waals surface area (Å²) >= 11 is 0. The van der Waals surface area contributed by atoms with Gasteiger partial charge in [-0.2, -0.15) is 0 Å². The molecule has 18 heavy (non-hydrogen) atoms. The minimum atomic E-state index is 0.00405. The second-order valence-electron chi connectivity index (χ2n) is 5.71. The summed E-state index contributed by atoms with van der Waals surface area (Å²) in [5.41, 5.74) is 2.19. The lowest BCUT2D eigenvalue weighted by molar-refractivity contribution is -1.03. The lowest BCUT2D eigenvalue weighted by Crippen LogP contribution is -3.28. The van der Waals surface area contributed by atoms with E-state index in [2.05, 4.69) is 18.4 Å². The molecule has 2 aliphatic heterocycles. The molecule has 2 aliphatic rings. The normalized spacial score (nSPS) is 32.0. The molecule has 3 rings (SSSR count). The van der Waals surface area contributed by atoms with Gasteiger partial charge in [0.2, 0.25) is 0 Å². The molecule has 1 atom stereocenters. The quantitative estimate of drug-likeness (QED) is 0.487. The Kier molecular flexibility index (Phi) is 3.33. The lowest BCUT2D eigenvalue weighted by atomic mass is 9.94. The van der Waals surface area contributed by atoms with Crippen LogP contribution in [0.25, 0.3) is 0 Å². The summed E-state index contributed by atoms with van der Waals surface area (Å²) in [6.07, 6.45) is 0. The number of nitrogens with two attached hydrogens (primary N) is 1. The number of halogens is 1. The average Bonchev–Trinajstić information content (AvgIpc) is 2.39. The maximum absolute atomic E-state index is 14.1. The van der Waals surface area contributed by atoms with Crippen LogP contribution in [0.1, 0.15) is 17.2 Å². The maximum Gasteiger partial charge on any atom is 0.166 e. The first-order chi connectivity index (χ1) is 8.75. The third kappa shape index (κ3) is 2.16. The zero-order valence-electron chi connectivity index (χ0n) is 11.0. The Morgan fingerprint density at radius 1 is 1.22 bits per heavy atom. The first-order valence-corrected chi connectivity index (χ1v) is 7.00. The standard InChI is InChI=1S/C14H20FN3/c1-17-5-7-18(8-6-17)13-10-16-9-11-3-2-4-12(15)14(11)13/h2-4,13,16H,5-10H2,1H3/p+3/t13-/m1/s1. The molecule has 1 aromatic carbocycles. The minimum absolute atomic E-state index is 0.00405. The van der Waals surface area contributed by atoms with Gasteiger partial charge in [0.15, 0.2) is 6.04 Å². The molecule has 2 heterocycles. The molecule has 0 aromatic heterocycles. The van der Waals surface area contributed by atoms with Crippen LogP contribution in [0.4, 0.5) is 4.39 Å². The van der Waals surface area contributed by atoms with Gasteiger partial charge in [0, 0.05) is 5.56 Å². The highest BCUT2D eigenvalue weighted by atomic mass is 19.1. The summed E-state index contributed by atoms with van der Waals surface area (Å²) in [5, 5.41) is 2.32. The van der Waals surface area contributed by atoms with Gasteiger partial charge < -0.3 is 15.1 Å². The molecule has 1 aromatic rings. The van der Waals surface area contributed by atoms with Crippen molar-refractivity contribution in [3.8, 4) is 0 Å². The number of likely N-dealkylation sites (N-methyl/N-ethyl adjacent to an activating group) is 1. The van der Waals surface area contributed by atoms with Gasteiger partial charge in [0.05, 0.1) is 12.6 Å². The van der Waals surface area contributed by atoms with E-state index in [0.717, 1.165) is 31.7 Å². The van der Waals surface area contributed by atoms with Crippen LogP contribution < -0.4 is 15.1 Å². The molecule has 0 spiro atoms. The summed E-state index contributed by atoms with van der Waals surface area (Å²) < 4.78 is 14.1. The molecule has 98 valence electrons. The first-order valence-electron chi connectivity index (χ1n) is 7.00. The molecule has 1 fully saturated rings. The molecule has 0 radical (unpaired) electrons. The van der Waals surface area contributed by atoms with Crippen LogP contribution in [0.15, 0.2) is 18.2 Å². The van der Waals surface area contributed by atoms with Crippen molar-refractivity contribution in [3.05, 3.63) is 35.1 Å². The lowest BCUT2D eigenvalue weighted by Gasteiger charge is -2.35. The van der Waals surface area contributed by atoms with E-state index in [4.69, 9.17) is 0 Å². The molecule has 1 saturated heterocycles. The molecule has 0 amide bonds. The Labute approximate surface area is 108 Å². The predicted octanol–water partition coefficient (Wildman–Crippen LogP) is -2.64. The van der Waals surface area contributed by atoms with Crippen LogP contribution in [0, 0.1) is 5.82 Å². The molecular weight excluding hydrogens is 229 g/mol. The molecule has 4 heteroatoms. The molecule has 0 bridgehead atoms. The number of fused-ring (bicyclic) bond motifs is 1. The number of rotatable bonds is 1. The maximum atomic E-state index is 14.1. The van der Waals surface area contributed by atoms with Crippen molar-refractivity contribution < 1.29 is 19.5 Å². The van der Waals surface area contributed by atoms with Gasteiger partial charge in [0.1, 0.15) is 45.1 Å². The number of hydrogen-bond acceptors (Lipinski definition) is 0. The highest BCUT2D eigenvalue weighted by molar-refractivity contribution is 5.30. The van der Waals surface area contributed by atoms with Crippen molar-refractivity contribution in [1.29, 1.82) is 0 Å². The van der Waals surface area contributed by atoms with Crippen LogP contribution in [0.2, 0.25) is 0 Å². The minimum Gasteiger partial charge on any atom is -0.337 e. The third-order valence-corrected chi connectivity index (χ3v) is 4.50. The van der Waals surface area contributed by atoms with Gasteiger partial charge in [-0.25, -0.2) is 4.39 Å². The van der Waals surface area contributed by atoms with E-state index in [-0.39, 0.29) is 5.82 Å². The second-order valence-corrected chi connectivity index (χ2v) is 5.71. The topological polar surface area (TPSA) is 25.5 Å². The van der Waals surface area contributed by atoms with E-state index < -0.39 is 0 Å². The smallest absolute Gasteiger partial charge is 0.166 e. The molecule has 3 nitrogen and oxygen atoms in total. The zero-order chi connectivity index (χ0) is 12.5. The van der Waals surface area contributed by atoms with Crippen LogP contribution in [0.3, 0.4) is 0 Å². The Morgan fingerprint density at radius 2 is 2.00 bits per heavy atom. The summed E-state index contributed by atoms with van der Waals surface area (Å²) in [4.78, 5) is 3.18. The van der Waals surface area contributed by atoms with Crippen molar-refractivity contribution in [2.75, 3.05) is 39.8 Å². The summed E-state index contributed by atoms with van der Waals surface area (Å²) in [6.45, 7) is 6.70. The third-order valence-electron chi connectivity index (χ3n) is 4.50. The van der Waals surface area contributed by atoms with E-state index in [1.165, 1.54) is 18.7 Å². The van der Waals surface area contributed by atoms with Gasteiger partial charge in [-0.3, -0.25) is 0 Å². The van der Waals surface area contributed by atoms with Gasteiger partial charge in [-0.05, 0) is 6.07 Å². The second kappa shape index (κ2) is 4.96.